The number of sulfonamides is 1. The van der Waals surface area contributed by atoms with Crippen LogP contribution in [0.15, 0.2) is 26.9 Å². The van der Waals surface area contributed by atoms with Crippen molar-refractivity contribution in [2.75, 3.05) is 13.2 Å². The van der Waals surface area contributed by atoms with Crippen molar-refractivity contribution in [2.24, 2.45) is 0 Å². The summed E-state index contributed by atoms with van der Waals surface area (Å²) < 4.78 is 31.7. The molecule has 0 bridgehead atoms. The molecule has 0 aliphatic carbocycles. The van der Waals surface area contributed by atoms with Gasteiger partial charge in [-0.25, -0.2) is 13.1 Å². The summed E-state index contributed by atoms with van der Waals surface area (Å²) in [5, 5.41) is 0.394. The summed E-state index contributed by atoms with van der Waals surface area (Å²) in [7, 11) is -3.48. The van der Waals surface area contributed by atoms with E-state index in [1.54, 1.807) is 0 Å². The van der Waals surface area contributed by atoms with E-state index in [9.17, 15) is 8.42 Å². The molecule has 1 rings (SSSR count). The van der Waals surface area contributed by atoms with Gasteiger partial charge in [0.2, 0.25) is 10.0 Å². The lowest BCUT2D eigenvalue weighted by Gasteiger charge is -2.04. The standard InChI is InChI=1S/C9H11BrClNO3S2/c1-2-15-5-3-4-12-17(13,14)8-6-7(11)9(10)16-8/h2,6,12H,1,3-5H2. The molecule has 1 heterocycles. The van der Waals surface area contributed by atoms with Crippen molar-refractivity contribution in [3.8, 4) is 0 Å². The number of ether oxygens (including phenoxy) is 1. The van der Waals surface area contributed by atoms with Crippen LogP contribution in [-0.2, 0) is 14.8 Å². The molecule has 96 valence electrons. The van der Waals surface area contributed by atoms with E-state index in [1.165, 1.54) is 12.3 Å². The van der Waals surface area contributed by atoms with Gasteiger partial charge in [-0.2, -0.15) is 0 Å². The monoisotopic (exact) mass is 359 g/mol. The molecule has 8 heteroatoms. The summed E-state index contributed by atoms with van der Waals surface area (Å²) in [4.78, 5) is 0. The van der Waals surface area contributed by atoms with Crippen LogP contribution in [-0.4, -0.2) is 21.6 Å². The second kappa shape index (κ2) is 6.75. The smallest absolute Gasteiger partial charge is 0.250 e. The molecule has 0 saturated carbocycles. The molecular weight excluding hydrogens is 350 g/mol. The molecule has 0 fully saturated rings. The molecule has 0 atom stereocenters. The van der Waals surface area contributed by atoms with Crippen LogP contribution in [0.2, 0.25) is 5.02 Å². The van der Waals surface area contributed by atoms with E-state index in [1.807, 2.05) is 0 Å². The van der Waals surface area contributed by atoms with Crippen LogP contribution in [0.1, 0.15) is 6.42 Å². The van der Waals surface area contributed by atoms with Crippen molar-refractivity contribution in [1.82, 2.24) is 4.72 Å². The van der Waals surface area contributed by atoms with E-state index < -0.39 is 10.0 Å². The predicted octanol–water partition coefficient (Wildman–Crippen LogP) is 2.99. The molecule has 1 aromatic heterocycles. The first-order valence-corrected chi connectivity index (χ1v) is 8.11. The molecule has 0 saturated heterocycles. The molecule has 0 aliphatic rings. The maximum absolute atomic E-state index is 11.8. The van der Waals surface area contributed by atoms with Crippen molar-refractivity contribution in [2.45, 2.75) is 10.6 Å². The molecule has 0 aromatic carbocycles. The van der Waals surface area contributed by atoms with Crippen molar-refractivity contribution in [3.05, 3.63) is 27.7 Å². The lowest BCUT2D eigenvalue weighted by molar-refractivity contribution is 0.247. The van der Waals surface area contributed by atoms with Crippen molar-refractivity contribution >= 4 is 48.9 Å². The van der Waals surface area contributed by atoms with Crippen LogP contribution in [0.3, 0.4) is 0 Å². The van der Waals surface area contributed by atoms with Gasteiger partial charge in [-0.3, -0.25) is 0 Å². The minimum absolute atomic E-state index is 0.194. The molecule has 4 nitrogen and oxygen atoms in total. The first-order chi connectivity index (χ1) is 7.97. The lowest BCUT2D eigenvalue weighted by atomic mass is 10.5. The van der Waals surface area contributed by atoms with Gasteiger partial charge < -0.3 is 4.74 Å². The average molecular weight is 361 g/mol. The number of nitrogens with one attached hydrogen (secondary N) is 1. The van der Waals surface area contributed by atoms with E-state index in [0.717, 1.165) is 11.3 Å². The first-order valence-electron chi connectivity index (χ1n) is 4.64. The Kier molecular flexibility index (Phi) is 5.94. The summed E-state index contributed by atoms with van der Waals surface area (Å²) >= 11 is 10.0. The largest absolute Gasteiger partial charge is 0.502 e. The SMILES string of the molecule is C=COCCCNS(=O)(=O)c1cc(Cl)c(Br)s1. The van der Waals surface area contributed by atoms with Gasteiger partial charge in [-0.1, -0.05) is 18.2 Å². The second-order valence-corrected chi connectivity index (χ2v) is 7.75. The Hall–Kier alpha value is -0.0800. The van der Waals surface area contributed by atoms with Gasteiger partial charge in [0.1, 0.15) is 4.21 Å². The molecule has 0 spiro atoms. The zero-order valence-electron chi connectivity index (χ0n) is 8.78. The fraction of sp³-hybridized carbons (Fsp3) is 0.333. The number of hydrogen-bond acceptors (Lipinski definition) is 4. The Morgan fingerprint density at radius 3 is 2.88 bits per heavy atom. The van der Waals surface area contributed by atoms with Gasteiger partial charge in [0.25, 0.3) is 0 Å². The Morgan fingerprint density at radius 2 is 2.35 bits per heavy atom. The van der Waals surface area contributed by atoms with Crippen molar-refractivity contribution in [3.63, 3.8) is 0 Å². The van der Waals surface area contributed by atoms with E-state index in [-0.39, 0.29) is 4.21 Å². The van der Waals surface area contributed by atoms with E-state index in [0.29, 0.717) is 28.4 Å². The zero-order valence-corrected chi connectivity index (χ0v) is 12.8. The molecule has 0 radical (unpaired) electrons. The summed E-state index contributed by atoms with van der Waals surface area (Å²) in [5.74, 6) is 0. The third-order valence-corrected chi connectivity index (χ3v) is 6.15. The second-order valence-electron chi connectivity index (χ2n) is 2.98. The third-order valence-electron chi connectivity index (χ3n) is 1.74. The summed E-state index contributed by atoms with van der Waals surface area (Å²) in [6.07, 6.45) is 1.90. The Morgan fingerprint density at radius 1 is 1.65 bits per heavy atom. The Labute approximate surface area is 118 Å². The summed E-state index contributed by atoms with van der Waals surface area (Å²) in [6.45, 7) is 4.13. The van der Waals surface area contributed by atoms with Crippen molar-refractivity contribution in [1.29, 1.82) is 0 Å². The van der Waals surface area contributed by atoms with Gasteiger partial charge in [0, 0.05) is 6.54 Å². The van der Waals surface area contributed by atoms with Gasteiger partial charge in [-0.05, 0) is 28.4 Å². The minimum atomic E-state index is -3.48. The van der Waals surface area contributed by atoms with Gasteiger partial charge in [0.15, 0.2) is 0 Å². The maximum Gasteiger partial charge on any atom is 0.250 e. The highest BCUT2D eigenvalue weighted by Gasteiger charge is 2.18. The third kappa shape index (κ3) is 4.59. The van der Waals surface area contributed by atoms with Gasteiger partial charge in [-0.15, -0.1) is 11.3 Å². The highest BCUT2D eigenvalue weighted by atomic mass is 79.9. The minimum Gasteiger partial charge on any atom is -0.502 e. The summed E-state index contributed by atoms with van der Waals surface area (Å²) in [6, 6.07) is 1.42. The van der Waals surface area contributed by atoms with E-state index >= 15 is 0 Å². The molecule has 1 aromatic rings. The zero-order chi connectivity index (χ0) is 12.9. The highest BCUT2D eigenvalue weighted by Crippen LogP contribution is 2.34. The first kappa shape index (κ1) is 15.0. The number of rotatable bonds is 7. The van der Waals surface area contributed by atoms with Crippen LogP contribution in [0.5, 0.6) is 0 Å². The van der Waals surface area contributed by atoms with Gasteiger partial charge >= 0.3 is 0 Å². The number of hydrogen-bond donors (Lipinski definition) is 1. The predicted molar refractivity (Wildman–Crippen MR) is 73.0 cm³/mol. The van der Waals surface area contributed by atoms with E-state index in [4.69, 9.17) is 16.3 Å². The normalized spacial score (nSPS) is 11.4. The Balaban J connectivity index is 2.54. The number of thiophene rings is 1. The van der Waals surface area contributed by atoms with Crippen LogP contribution in [0, 0.1) is 0 Å². The average Bonchev–Trinajstić information content (AvgIpc) is 2.60. The molecule has 17 heavy (non-hydrogen) atoms. The fourth-order valence-electron chi connectivity index (χ4n) is 0.976. The van der Waals surface area contributed by atoms with Crippen LogP contribution >= 0.6 is 38.9 Å². The van der Waals surface area contributed by atoms with Crippen LogP contribution < -0.4 is 4.72 Å². The molecule has 0 aliphatic heterocycles. The molecular formula is C9H11BrClNO3S2. The molecule has 1 N–H and O–H groups in total. The van der Waals surface area contributed by atoms with Gasteiger partial charge in [0.05, 0.1) is 21.7 Å². The number of halogens is 2. The van der Waals surface area contributed by atoms with E-state index in [2.05, 4.69) is 27.2 Å². The lowest BCUT2D eigenvalue weighted by Crippen LogP contribution is -2.24. The highest BCUT2D eigenvalue weighted by molar-refractivity contribution is 9.11. The van der Waals surface area contributed by atoms with Crippen molar-refractivity contribution < 1.29 is 13.2 Å². The molecule has 0 unspecified atom stereocenters. The summed E-state index contributed by atoms with van der Waals surface area (Å²) in [5.41, 5.74) is 0. The van der Waals surface area contributed by atoms with Crippen LogP contribution in [0.25, 0.3) is 0 Å². The quantitative estimate of drug-likeness (QED) is 0.601. The Bertz CT molecular complexity index is 467. The topological polar surface area (TPSA) is 55.4 Å². The fourth-order valence-corrected chi connectivity index (χ4v) is 4.49. The maximum atomic E-state index is 11.8. The molecule has 0 amide bonds. The van der Waals surface area contributed by atoms with Crippen LogP contribution in [0.4, 0.5) is 0 Å².